The standard InChI is InChI=1S/C17H23N3/c1-13-8-9-16(14(2)12-13)19-17-18-10-11-20(17)15-6-4-3-5-7-15/h3-7,10-11,13-14,16H,8-9,12H2,1-2H3,(H,18,19). The van der Waals surface area contributed by atoms with E-state index >= 15 is 0 Å². The summed E-state index contributed by atoms with van der Waals surface area (Å²) >= 11 is 0. The minimum Gasteiger partial charge on any atom is -0.352 e. The molecule has 1 N–H and O–H groups in total. The Bertz CT molecular complexity index is 546. The Morgan fingerprint density at radius 3 is 2.70 bits per heavy atom. The summed E-state index contributed by atoms with van der Waals surface area (Å²) in [7, 11) is 0. The molecule has 1 fully saturated rings. The molecule has 1 aromatic heterocycles. The number of imidazole rings is 1. The van der Waals surface area contributed by atoms with Gasteiger partial charge in [0, 0.05) is 24.1 Å². The lowest BCUT2D eigenvalue weighted by Gasteiger charge is -2.33. The van der Waals surface area contributed by atoms with Crippen LogP contribution in [0.15, 0.2) is 42.7 Å². The molecule has 1 aliphatic carbocycles. The summed E-state index contributed by atoms with van der Waals surface area (Å²) < 4.78 is 2.13. The minimum atomic E-state index is 0.538. The van der Waals surface area contributed by atoms with Crippen molar-refractivity contribution in [3.63, 3.8) is 0 Å². The predicted octanol–water partition coefficient (Wildman–Crippen LogP) is 4.11. The van der Waals surface area contributed by atoms with Crippen LogP contribution in [-0.2, 0) is 0 Å². The Balaban J connectivity index is 1.77. The molecule has 0 amide bonds. The Kier molecular flexibility index (Phi) is 3.77. The zero-order valence-corrected chi connectivity index (χ0v) is 12.3. The molecule has 1 aromatic carbocycles. The van der Waals surface area contributed by atoms with Crippen molar-refractivity contribution in [2.75, 3.05) is 5.32 Å². The molecule has 3 heteroatoms. The maximum absolute atomic E-state index is 4.49. The fourth-order valence-corrected chi connectivity index (χ4v) is 3.25. The Morgan fingerprint density at radius 2 is 1.95 bits per heavy atom. The van der Waals surface area contributed by atoms with Crippen molar-refractivity contribution in [1.82, 2.24) is 9.55 Å². The third-order valence-electron chi connectivity index (χ3n) is 4.42. The first-order valence-corrected chi connectivity index (χ1v) is 7.59. The molecule has 1 saturated carbocycles. The van der Waals surface area contributed by atoms with E-state index in [1.54, 1.807) is 0 Å². The summed E-state index contributed by atoms with van der Waals surface area (Å²) in [5, 5.41) is 3.65. The molecule has 20 heavy (non-hydrogen) atoms. The molecule has 106 valence electrons. The summed E-state index contributed by atoms with van der Waals surface area (Å²) in [6, 6.07) is 10.9. The monoisotopic (exact) mass is 269 g/mol. The first-order chi connectivity index (χ1) is 9.74. The van der Waals surface area contributed by atoms with Gasteiger partial charge in [0.1, 0.15) is 0 Å². The number of para-hydroxylation sites is 1. The van der Waals surface area contributed by atoms with Gasteiger partial charge in [-0.3, -0.25) is 4.57 Å². The van der Waals surface area contributed by atoms with Crippen LogP contribution in [0.5, 0.6) is 0 Å². The summed E-state index contributed by atoms with van der Waals surface area (Å²) in [6.45, 7) is 4.71. The molecular formula is C17H23N3. The molecule has 0 saturated heterocycles. The number of rotatable bonds is 3. The summed E-state index contributed by atoms with van der Waals surface area (Å²) in [4.78, 5) is 4.49. The number of benzene rings is 1. The van der Waals surface area contributed by atoms with Gasteiger partial charge in [-0.05, 0) is 43.2 Å². The highest BCUT2D eigenvalue weighted by atomic mass is 15.2. The lowest BCUT2D eigenvalue weighted by Crippen LogP contribution is -2.33. The molecule has 3 unspecified atom stereocenters. The molecular weight excluding hydrogens is 246 g/mol. The summed E-state index contributed by atoms with van der Waals surface area (Å²) in [5.74, 6) is 2.53. The van der Waals surface area contributed by atoms with Crippen molar-refractivity contribution in [3.8, 4) is 5.69 Å². The van der Waals surface area contributed by atoms with Gasteiger partial charge in [-0.25, -0.2) is 4.98 Å². The largest absolute Gasteiger partial charge is 0.352 e. The first-order valence-electron chi connectivity index (χ1n) is 7.59. The number of aromatic nitrogens is 2. The van der Waals surface area contributed by atoms with Gasteiger partial charge >= 0.3 is 0 Å². The SMILES string of the molecule is CC1CCC(Nc2nccn2-c2ccccc2)C(C)C1. The molecule has 0 radical (unpaired) electrons. The van der Waals surface area contributed by atoms with Crippen molar-refractivity contribution in [2.45, 2.75) is 39.2 Å². The molecule has 3 nitrogen and oxygen atoms in total. The highest BCUT2D eigenvalue weighted by Crippen LogP contribution is 2.30. The topological polar surface area (TPSA) is 29.9 Å². The molecule has 1 aliphatic rings. The third-order valence-corrected chi connectivity index (χ3v) is 4.42. The van der Waals surface area contributed by atoms with E-state index in [4.69, 9.17) is 0 Å². The fourth-order valence-electron chi connectivity index (χ4n) is 3.25. The minimum absolute atomic E-state index is 0.538. The Hall–Kier alpha value is -1.77. The second kappa shape index (κ2) is 5.70. The van der Waals surface area contributed by atoms with Crippen molar-refractivity contribution < 1.29 is 0 Å². The van der Waals surface area contributed by atoms with Crippen molar-refractivity contribution in [1.29, 1.82) is 0 Å². The van der Waals surface area contributed by atoms with Crippen LogP contribution < -0.4 is 5.32 Å². The van der Waals surface area contributed by atoms with Crippen LogP contribution in [0.2, 0.25) is 0 Å². The first kappa shape index (κ1) is 13.2. The van der Waals surface area contributed by atoms with Crippen LogP contribution in [0.3, 0.4) is 0 Å². The highest BCUT2D eigenvalue weighted by Gasteiger charge is 2.26. The van der Waals surface area contributed by atoms with E-state index in [0.29, 0.717) is 12.0 Å². The van der Waals surface area contributed by atoms with E-state index in [2.05, 4.69) is 53.0 Å². The van der Waals surface area contributed by atoms with Crippen LogP contribution in [0.1, 0.15) is 33.1 Å². The van der Waals surface area contributed by atoms with Gasteiger partial charge in [0.25, 0.3) is 0 Å². The van der Waals surface area contributed by atoms with E-state index in [9.17, 15) is 0 Å². The lowest BCUT2D eigenvalue weighted by molar-refractivity contribution is 0.275. The van der Waals surface area contributed by atoms with Gasteiger partial charge in [-0.15, -0.1) is 0 Å². The Morgan fingerprint density at radius 1 is 1.15 bits per heavy atom. The summed E-state index contributed by atoms with van der Waals surface area (Å²) in [5.41, 5.74) is 1.16. The number of hydrogen-bond acceptors (Lipinski definition) is 2. The quantitative estimate of drug-likeness (QED) is 0.908. The van der Waals surface area contributed by atoms with Crippen molar-refractivity contribution >= 4 is 5.95 Å². The van der Waals surface area contributed by atoms with Gasteiger partial charge in [0.05, 0.1) is 0 Å². The molecule has 3 atom stereocenters. The van der Waals surface area contributed by atoms with Gasteiger partial charge in [-0.1, -0.05) is 32.0 Å². The van der Waals surface area contributed by atoms with Crippen molar-refractivity contribution in [3.05, 3.63) is 42.7 Å². The Labute approximate surface area is 121 Å². The molecule has 0 spiro atoms. The maximum Gasteiger partial charge on any atom is 0.207 e. The number of hydrogen-bond donors (Lipinski definition) is 1. The smallest absolute Gasteiger partial charge is 0.207 e. The van der Waals surface area contributed by atoms with E-state index in [1.807, 2.05) is 18.5 Å². The van der Waals surface area contributed by atoms with Gasteiger partial charge in [0.15, 0.2) is 0 Å². The zero-order valence-electron chi connectivity index (χ0n) is 12.3. The zero-order chi connectivity index (χ0) is 13.9. The van der Waals surface area contributed by atoms with E-state index in [0.717, 1.165) is 17.6 Å². The average molecular weight is 269 g/mol. The molecule has 1 heterocycles. The normalized spacial score (nSPS) is 26.4. The fraction of sp³-hybridized carbons (Fsp3) is 0.471. The number of nitrogens with one attached hydrogen (secondary N) is 1. The molecule has 0 bridgehead atoms. The average Bonchev–Trinajstić information content (AvgIpc) is 2.91. The second-order valence-corrected chi connectivity index (χ2v) is 6.10. The van der Waals surface area contributed by atoms with Crippen LogP contribution in [0.4, 0.5) is 5.95 Å². The van der Waals surface area contributed by atoms with Crippen LogP contribution in [0, 0.1) is 11.8 Å². The van der Waals surface area contributed by atoms with Crippen LogP contribution in [0.25, 0.3) is 5.69 Å². The van der Waals surface area contributed by atoms with Crippen LogP contribution in [-0.4, -0.2) is 15.6 Å². The second-order valence-electron chi connectivity index (χ2n) is 6.10. The lowest BCUT2D eigenvalue weighted by atomic mass is 9.80. The van der Waals surface area contributed by atoms with E-state index < -0.39 is 0 Å². The van der Waals surface area contributed by atoms with Gasteiger partial charge in [0.2, 0.25) is 5.95 Å². The van der Waals surface area contributed by atoms with Crippen molar-refractivity contribution in [2.24, 2.45) is 11.8 Å². The maximum atomic E-state index is 4.49. The van der Waals surface area contributed by atoms with E-state index in [-0.39, 0.29) is 0 Å². The number of anilines is 1. The highest BCUT2D eigenvalue weighted by molar-refractivity contribution is 5.42. The number of nitrogens with zero attached hydrogens (tertiary/aromatic N) is 2. The molecule has 2 aromatic rings. The summed E-state index contributed by atoms with van der Waals surface area (Å²) in [6.07, 6.45) is 7.75. The van der Waals surface area contributed by atoms with Gasteiger partial charge < -0.3 is 5.32 Å². The molecule has 0 aliphatic heterocycles. The van der Waals surface area contributed by atoms with E-state index in [1.165, 1.54) is 19.3 Å². The van der Waals surface area contributed by atoms with Crippen LogP contribution >= 0.6 is 0 Å². The predicted molar refractivity (Wildman–Crippen MR) is 83.2 cm³/mol. The van der Waals surface area contributed by atoms with Gasteiger partial charge in [-0.2, -0.15) is 0 Å². The molecule has 3 rings (SSSR count). The third kappa shape index (κ3) is 2.72.